The van der Waals surface area contributed by atoms with E-state index < -0.39 is 0 Å². The Bertz CT molecular complexity index is 1130. The average molecular weight is 387 g/mol. The van der Waals surface area contributed by atoms with E-state index in [0.717, 1.165) is 22.5 Å². The predicted molar refractivity (Wildman–Crippen MR) is 112 cm³/mol. The fraction of sp³-hybridized carbons (Fsp3) is 0.130. The van der Waals surface area contributed by atoms with Crippen molar-refractivity contribution in [1.29, 1.82) is 0 Å². The number of amides is 1. The van der Waals surface area contributed by atoms with Crippen LogP contribution in [0.4, 0.5) is 5.69 Å². The Labute approximate surface area is 168 Å². The Kier molecular flexibility index (Phi) is 5.16. The Hall–Kier alpha value is -3.80. The van der Waals surface area contributed by atoms with Gasteiger partial charge >= 0.3 is 0 Å². The molecule has 0 aliphatic rings. The highest BCUT2D eigenvalue weighted by molar-refractivity contribution is 5.96. The van der Waals surface area contributed by atoms with Gasteiger partial charge in [0.05, 0.1) is 18.5 Å². The monoisotopic (exact) mass is 387 g/mol. The van der Waals surface area contributed by atoms with Crippen molar-refractivity contribution in [1.82, 2.24) is 9.38 Å². The van der Waals surface area contributed by atoms with Crippen molar-refractivity contribution in [3.8, 4) is 22.8 Å². The number of methoxy groups -OCH3 is 1. The minimum Gasteiger partial charge on any atom is -0.493 e. The van der Waals surface area contributed by atoms with Gasteiger partial charge in [0.15, 0.2) is 18.1 Å². The molecule has 146 valence electrons. The van der Waals surface area contributed by atoms with Crippen LogP contribution in [0, 0.1) is 6.92 Å². The van der Waals surface area contributed by atoms with Gasteiger partial charge in [-0.05, 0) is 42.8 Å². The number of imidazole rings is 1. The molecule has 0 aliphatic carbocycles. The summed E-state index contributed by atoms with van der Waals surface area (Å²) in [5, 5.41) is 2.92. The number of para-hydroxylation sites is 1. The SMILES string of the molecule is COc1cc(C)ccc1OCC(=O)Nc1ccccc1-c1cn2ccccc2n1. The van der Waals surface area contributed by atoms with Crippen LogP contribution in [0.2, 0.25) is 0 Å². The number of aromatic nitrogens is 2. The number of hydrogen-bond donors (Lipinski definition) is 1. The number of benzene rings is 2. The summed E-state index contributed by atoms with van der Waals surface area (Å²) in [5.41, 5.74) is 4.21. The van der Waals surface area contributed by atoms with Crippen molar-refractivity contribution in [2.24, 2.45) is 0 Å². The van der Waals surface area contributed by atoms with Crippen molar-refractivity contribution in [2.45, 2.75) is 6.92 Å². The van der Waals surface area contributed by atoms with Gasteiger partial charge in [-0.2, -0.15) is 0 Å². The number of pyridine rings is 1. The number of carbonyl (C=O) groups is 1. The summed E-state index contributed by atoms with van der Waals surface area (Å²) in [6.45, 7) is 1.84. The lowest BCUT2D eigenvalue weighted by atomic mass is 10.1. The van der Waals surface area contributed by atoms with E-state index >= 15 is 0 Å². The highest BCUT2D eigenvalue weighted by atomic mass is 16.5. The third-order valence-corrected chi connectivity index (χ3v) is 4.52. The Morgan fingerprint density at radius 1 is 1.07 bits per heavy atom. The Morgan fingerprint density at radius 3 is 2.72 bits per heavy atom. The van der Waals surface area contributed by atoms with Gasteiger partial charge in [0.1, 0.15) is 5.65 Å². The predicted octanol–water partition coefficient (Wildman–Crippen LogP) is 4.34. The molecule has 4 aromatic rings. The summed E-state index contributed by atoms with van der Waals surface area (Å²) in [6, 6.07) is 19.0. The minimum absolute atomic E-state index is 0.126. The van der Waals surface area contributed by atoms with Crippen LogP contribution in [0.5, 0.6) is 11.5 Å². The normalized spacial score (nSPS) is 10.7. The molecule has 0 atom stereocenters. The molecule has 2 aromatic carbocycles. The number of hydrogen-bond acceptors (Lipinski definition) is 4. The first kappa shape index (κ1) is 18.6. The maximum Gasteiger partial charge on any atom is 0.262 e. The van der Waals surface area contributed by atoms with Gasteiger partial charge in [-0.3, -0.25) is 4.79 Å². The minimum atomic E-state index is -0.260. The van der Waals surface area contributed by atoms with E-state index in [0.29, 0.717) is 17.2 Å². The summed E-state index contributed by atoms with van der Waals surface area (Å²) in [6.07, 6.45) is 3.88. The van der Waals surface area contributed by atoms with E-state index in [1.807, 2.05) is 78.3 Å². The lowest BCUT2D eigenvalue weighted by molar-refractivity contribution is -0.118. The van der Waals surface area contributed by atoms with Gasteiger partial charge in [-0.25, -0.2) is 4.98 Å². The molecular weight excluding hydrogens is 366 g/mol. The summed E-state index contributed by atoms with van der Waals surface area (Å²) >= 11 is 0. The van der Waals surface area contributed by atoms with Crippen LogP contribution in [0.3, 0.4) is 0 Å². The lowest BCUT2D eigenvalue weighted by Gasteiger charge is -2.12. The summed E-state index contributed by atoms with van der Waals surface area (Å²) in [7, 11) is 1.58. The summed E-state index contributed by atoms with van der Waals surface area (Å²) < 4.78 is 12.9. The fourth-order valence-electron chi connectivity index (χ4n) is 3.10. The first-order chi connectivity index (χ1) is 14.1. The molecule has 0 bridgehead atoms. The van der Waals surface area contributed by atoms with Crippen molar-refractivity contribution >= 4 is 17.2 Å². The van der Waals surface area contributed by atoms with E-state index in [9.17, 15) is 4.79 Å². The topological polar surface area (TPSA) is 64.9 Å². The molecule has 0 saturated heterocycles. The van der Waals surface area contributed by atoms with Gasteiger partial charge in [0.2, 0.25) is 0 Å². The van der Waals surface area contributed by atoms with Gasteiger partial charge in [-0.1, -0.05) is 30.3 Å². The Balaban J connectivity index is 1.51. The van der Waals surface area contributed by atoms with Gasteiger partial charge in [0, 0.05) is 18.0 Å². The number of carbonyl (C=O) groups excluding carboxylic acids is 1. The van der Waals surface area contributed by atoms with Crippen molar-refractivity contribution in [3.63, 3.8) is 0 Å². The van der Waals surface area contributed by atoms with Crippen LogP contribution in [-0.2, 0) is 4.79 Å². The molecular formula is C23H21N3O3. The van der Waals surface area contributed by atoms with Gasteiger partial charge < -0.3 is 19.2 Å². The summed E-state index contributed by atoms with van der Waals surface area (Å²) in [4.78, 5) is 17.1. The van der Waals surface area contributed by atoms with E-state index in [-0.39, 0.29) is 12.5 Å². The number of aryl methyl sites for hydroxylation is 1. The first-order valence-corrected chi connectivity index (χ1v) is 9.24. The van der Waals surface area contributed by atoms with Crippen LogP contribution in [0.25, 0.3) is 16.9 Å². The molecule has 6 heteroatoms. The van der Waals surface area contributed by atoms with Crippen LogP contribution in [0.15, 0.2) is 73.1 Å². The average Bonchev–Trinajstić information content (AvgIpc) is 3.17. The molecule has 0 saturated carbocycles. The second kappa shape index (κ2) is 8.06. The number of nitrogens with zero attached hydrogens (tertiary/aromatic N) is 2. The molecule has 0 radical (unpaired) electrons. The number of ether oxygens (including phenoxy) is 2. The molecule has 1 N–H and O–H groups in total. The largest absolute Gasteiger partial charge is 0.493 e. The molecule has 0 spiro atoms. The molecule has 2 heterocycles. The molecule has 6 nitrogen and oxygen atoms in total. The van der Waals surface area contributed by atoms with E-state index in [2.05, 4.69) is 10.3 Å². The maximum atomic E-state index is 12.5. The lowest BCUT2D eigenvalue weighted by Crippen LogP contribution is -2.20. The molecule has 0 fully saturated rings. The zero-order valence-electron chi connectivity index (χ0n) is 16.3. The highest BCUT2D eigenvalue weighted by Gasteiger charge is 2.13. The summed E-state index contributed by atoms with van der Waals surface area (Å²) in [5.74, 6) is 0.869. The van der Waals surface area contributed by atoms with E-state index in [4.69, 9.17) is 9.47 Å². The maximum absolute atomic E-state index is 12.5. The molecule has 2 aromatic heterocycles. The highest BCUT2D eigenvalue weighted by Crippen LogP contribution is 2.29. The number of nitrogens with one attached hydrogen (secondary N) is 1. The van der Waals surface area contributed by atoms with Crippen LogP contribution in [-0.4, -0.2) is 29.0 Å². The van der Waals surface area contributed by atoms with Gasteiger partial charge in [0.25, 0.3) is 5.91 Å². The van der Waals surface area contributed by atoms with Crippen molar-refractivity contribution in [2.75, 3.05) is 19.0 Å². The second-order valence-corrected chi connectivity index (χ2v) is 6.63. The molecule has 0 aliphatic heterocycles. The standard InChI is InChI=1S/C23H21N3O3/c1-16-10-11-20(21(13-16)28-2)29-15-23(27)25-18-8-4-3-7-17(18)19-14-26-12-6-5-9-22(26)24-19/h3-14H,15H2,1-2H3,(H,25,27). The van der Waals surface area contributed by atoms with Gasteiger partial charge in [-0.15, -0.1) is 0 Å². The quantitative estimate of drug-likeness (QED) is 0.535. The second-order valence-electron chi connectivity index (χ2n) is 6.63. The number of fused-ring (bicyclic) bond motifs is 1. The Morgan fingerprint density at radius 2 is 1.90 bits per heavy atom. The molecule has 4 rings (SSSR count). The number of anilines is 1. The molecule has 1 amide bonds. The molecule has 0 unspecified atom stereocenters. The molecule has 29 heavy (non-hydrogen) atoms. The van der Waals surface area contributed by atoms with E-state index in [1.165, 1.54) is 0 Å². The number of rotatable bonds is 6. The van der Waals surface area contributed by atoms with Crippen LogP contribution in [0.1, 0.15) is 5.56 Å². The van der Waals surface area contributed by atoms with E-state index in [1.54, 1.807) is 13.2 Å². The van der Waals surface area contributed by atoms with Crippen LogP contribution < -0.4 is 14.8 Å². The fourth-order valence-corrected chi connectivity index (χ4v) is 3.10. The smallest absolute Gasteiger partial charge is 0.262 e. The van der Waals surface area contributed by atoms with Crippen molar-refractivity contribution < 1.29 is 14.3 Å². The zero-order chi connectivity index (χ0) is 20.2. The zero-order valence-corrected chi connectivity index (χ0v) is 16.3. The first-order valence-electron chi connectivity index (χ1n) is 9.24. The van der Waals surface area contributed by atoms with Crippen LogP contribution >= 0.6 is 0 Å². The van der Waals surface area contributed by atoms with Crippen molar-refractivity contribution in [3.05, 3.63) is 78.6 Å². The third-order valence-electron chi connectivity index (χ3n) is 4.52. The third kappa shape index (κ3) is 4.06.